The lowest BCUT2D eigenvalue weighted by Crippen LogP contribution is -2.39. The van der Waals surface area contributed by atoms with Crippen LogP contribution in [0.3, 0.4) is 0 Å². The largest absolute Gasteiger partial charge is 0.483 e. The van der Waals surface area contributed by atoms with Gasteiger partial charge in [0.1, 0.15) is 10.7 Å². The Hall–Kier alpha value is -1.33. The molecule has 20 heavy (non-hydrogen) atoms. The number of halogens is 1. The minimum absolute atomic E-state index is 0.0838. The van der Waals surface area contributed by atoms with Gasteiger partial charge < -0.3 is 15.8 Å². The maximum atomic E-state index is 11.8. The second-order valence-electron chi connectivity index (χ2n) is 4.89. The second kappa shape index (κ2) is 7.45. The third-order valence-electron chi connectivity index (χ3n) is 2.96. The molecule has 0 aliphatic rings. The number of rotatable bonds is 6. The topological polar surface area (TPSA) is 64.3 Å². The van der Waals surface area contributed by atoms with Crippen LogP contribution in [0.4, 0.5) is 0 Å². The predicted molar refractivity (Wildman–Crippen MR) is 85.3 cm³/mol. The van der Waals surface area contributed by atoms with Gasteiger partial charge in [-0.05, 0) is 31.0 Å². The van der Waals surface area contributed by atoms with Gasteiger partial charge in [-0.25, -0.2) is 0 Å². The summed E-state index contributed by atoms with van der Waals surface area (Å²) in [6, 6.07) is 5.02. The van der Waals surface area contributed by atoms with Crippen molar-refractivity contribution in [1.82, 2.24) is 5.32 Å². The highest BCUT2D eigenvalue weighted by Gasteiger charge is 2.13. The summed E-state index contributed by atoms with van der Waals surface area (Å²) in [7, 11) is 0. The number of carbonyl (C=O) groups excluding carboxylic acids is 1. The molecule has 0 aliphatic heterocycles. The van der Waals surface area contributed by atoms with E-state index in [2.05, 4.69) is 5.32 Å². The van der Waals surface area contributed by atoms with Crippen LogP contribution < -0.4 is 15.8 Å². The average Bonchev–Trinajstić information content (AvgIpc) is 2.35. The van der Waals surface area contributed by atoms with Crippen molar-refractivity contribution < 1.29 is 9.53 Å². The molecule has 0 heterocycles. The van der Waals surface area contributed by atoms with Crippen LogP contribution in [0.5, 0.6) is 5.75 Å². The number of benzene rings is 1. The van der Waals surface area contributed by atoms with Gasteiger partial charge in [0.2, 0.25) is 0 Å². The van der Waals surface area contributed by atoms with Crippen molar-refractivity contribution in [3.8, 4) is 5.75 Å². The second-order valence-corrected chi connectivity index (χ2v) is 5.77. The number of carbonyl (C=O) groups is 1. The van der Waals surface area contributed by atoms with Crippen molar-refractivity contribution in [2.75, 3.05) is 6.61 Å². The first-order chi connectivity index (χ1) is 9.31. The molecule has 1 rings (SSSR count). The van der Waals surface area contributed by atoms with Crippen LogP contribution in [0.25, 0.3) is 0 Å². The number of amides is 1. The van der Waals surface area contributed by atoms with Crippen LogP contribution in [-0.2, 0) is 4.79 Å². The summed E-state index contributed by atoms with van der Waals surface area (Å²) in [5, 5.41) is 3.35. The van der Waals surface area contributed by atoms with Gasteiger partial charge in [0, 0.05) is 11.1 Å². The smallest absolute Gasteiger partial charge is 0.258 e. The van der Waals surface area contributed by atoms with E-state index in [0.29, 0.717) is 22.3 Å². The van der Waals surface area contributed by atoms with E-state index in [1.54, 1.807) is 18.2 Å². The molecule has 0 saturated heterocycles. The lowest BCUT2D eigenvalue weighted by atomic mass is 10.1. The van der Waals surface area contributed by atoms with Gasteiger partial charge in [0.15, 0.2) is 6.61 Å². The van der Waals surface area contributed by atoms with E-state index in [4.69, 9.17) is 34.3 Å². The average molecular weight is 315 g/mol. The van der Waals surface area contributed by atoms with E-state index in [0.717, 1.165) is 0 Å². The number of nitrogens with two attached hydrogens (primary N) is 1. The standard InChI is InChI=1S/C14H19ClN2O2S/c1-8(2)9(3)17-13(18)7-19-12-6-10(15)4-5-11(12)14(16)20/h4-6,8-9H,7H2,1-3H3,(H2,16,20)(H,17,18). The maximum Gasteiger partial charge on any atom is 0.258 e. The fourth-order valence-electron chi connectivity index (χ4n) is 1.42. The Kier molecular flexibility index (Phi) is 6.23. The van der Waals surface area contributed by atoms with E-state index >= 15 is 0 Å². The Balaban J connectivity index is 2.68. The zero-order chi connectivity index (χ0) is 15.3. The molecule has 110 valence electrons. The molecule has 0 saturated carbocycles. The van der Waals surface area contributed by atoms with Gasteiger partial charge in [-0.1, -0.05) is 37.7 Å². The van der Waals surface area contributed by atoms with Crippen molar-refractivity contribution in [2.45, 2.75) is 26.8 Å². The van der Waals surface area contributed by atoms with Gasteiger partial charge in [-0.2, -0.15) is 0 Å². The molecule has 0 spiro atoms. The molecule has 1 unspecified atom stereocenters. The van der Waals surface area contributed by atoms with Crippen LogP contribution in [0.2, 0.25) is 5.02 Å². The summed E-state index contributed by atoms with van der Waals surface area (Å²) >= 11 is 10.8. The highest BCUT2D eigenvalue weighted by Crippen LogP contribution is 2.23. The first kappa shape index (κ1) is 16.7. The van der Waals surface area contributed by atoms with Crippen LogP contribution in [0.1, 0.15) is 26.3 Å². The molecule has 0 bridgehead atoms. The number of thiocarbonyl (C=S) groups is 1. The lowest BCUT2D eigenvalue weighted by Gasteiger charge is -2.18. The Bertz CT molecular complexity index is 506. The number of ether oxygens (including phenoxy) is 1. The van der Waals surface area contributed by atoms with Crippen LogP contribution >= 0.6 is 23.8 Å². The van der Waals surface area contributed by atoms with Gasteiger partial charge in [0.25, 0.3) is 5.91 Å². The molecule has 0 aromatic heterocycles. The Morgan fingerprint density at radius 3 is 2.65 bits per heavy atom. The predicted octanol–water partition coefficient (Wildman–Crippen LogP) is 2.51. The van der Waals surface area contributed by atoms with Crippen LogP contribution in [0, 0.1) is 5.92 Å². The van der Waals surface area contributed by atoms with E-state index < -0.39 is 0 Å². The quantitative estimate of drug-likeness (QED) is 0.792. The van der Waals surface area contributed by atoms with E-state index in [9.17, 15) is 4.79 Å². The molecule has 1 amide bonds. The zero-order valence-electron chi connectivity index (χ0n) is 11.8. The molecule has 1 aromatic carbocycles. The van der Waals surface area contributed by atoms with Crippen molar-refractivity contribution in [1.29, 1.82) is 0 Å². The maximum absolute atomic E-state index is 11.8. The van der Waals surface area contributed by atoms with Gasteiger partial charge in [-0.3, -0.25) is 4.79 Å². The van der Waals surface area contributed by atoms with Crippen molar-refractivity contribution in [3.63, 3.8) is 0 Å². The summed E-state index contributed by atoms with van der Waals surface area (Å²) in [6.07, 6.45) is 0. The monoisotopic (exact) mass is 314 g/mol. The summed E-state index contributed by atoms with van der Waals surface area (Å²) in [5.41, 5.74) is 6.16. The SMILES string of the molecule is CC(C)C(C)NC(=O)COc1cc(Cl)ccc1C(N)=S. The Morgan fingerprint density at radius 1 is 1.45 bits per heavy atom. The summed E-state index contributed by atoms with van der Waals surface area (Å²) in [6.45, 7) is 5.91. The van der Waals surface area contributed by atoms with E-state index in [-0.39, 0.29) is 23.5 Å². The molecule has 4 nitrogen and oxygen atoms in total. The highest BCUT2D eigenvalue weighted by atomic mass is 35.5. The summed E-state index contributed by atoms with van der Waals surface area (Å²) < 4.78 is 5.46. The molecular weight excluding hydrogens is 296 g/mol. The fourth-order valence-corrected chi connectivity index (χ4v) is 1.76. The molecular formula is C14H19ClN2O2S. The first-order valence-corrected chi connectivity index (χ1v) is 7.11. The number of nitrogens with one attached hydrogen (secondary N) is 1. The zero-order valence-corrected chi connectivity index (χ0v) is 13.3. The van der Waals surface area contributed by atoms with Crippen LogP contribution in [-0.4, -0.2) is 23.5 Å². The van der Waals surface area contributed by atoms with Crippen molar-refractivity contribution >= 4 is 34.7 Å². The fraction of sp³-hybridized carbons (Fsp3) is 0.429. The molecule has 1 atom stereocenters. The molecule has 0 fully saturated rings. The molecule has 0 aliphatic carbocycles. The number of hydrogen-bond acceptors (Lipinski definition) is 3. The van der Waals surface area contributed by atoms with E-state index in [1.807, 2.05) is 20.8 Å². The Labute approximate surface area is 129 Å². The molecule has 0 radical (unpaired) electrons. The minimum Gasteiger partial charge on any atom is -0.483 e. The molecule has 3 N–H and O–H groups in total. The van der Waals surface area contributed by atoms with E-state index in [1.165, 1.54) is 0 Å². The third-order valence-corrected chi connectivity index (χ3v) is 3.41. The van der Waals surface area contributed by atoms with Gasteiger partial charge in [0.05, 0.1) is 5.56 Å². The molecule has 1 aromatic rings. The van der Waals surface area contributed by atoms with Gasteiger partial charge >= 0.3 is 0 Å². The Morgan fingerprint density at radius 2 is 2.10 bits per heavy atom. The highest BCUT2D eigenvalue weighted by molar-refractivity contribution is 7.80. The van der Waals surface area contributed by atoms with Gasteiger partial charge in [-0.15, -0.1) is 0 Å². The normalized spacial score (nSPS) is 12.1. The first-order valence-electron chi connectivity index (χ1n) is 6.32. The third kappa shape index (κ3) is 4.98. The van der Waals surface area contributed by atoms with Crippen molar-refractivity contribution in [2.24, 2.45) is 11.7 Å². The summed E-state index contributed by atoms with van der Waals surface area (Å²) in [5.74, 6) is 0.578. The van der Waals surface area contributed by atoms with Crippen molar-refractivity contribution in [3.05, 3.63) is 28.8 Å². The minimum atomic E-state index is -0.194. The molecule has 6 heteroatoms. The number of hydrogen-bond donors (Lipinski definition) is 2. The van der Waals surface area contributed by atoms with Crippen LogP contribution in [0.15, 0.2) is 18.2 Å². The summed E-state index contributed by atoms with van der Waals surface area (Å²) in [4.78, 5) is 12.0. The lowest BCUT2D eigenvalue weighted by molar-refractivity contribution is -0.124.